The minimum absolute atomic E-state index is 0.348. The summed E-state index contributed by atoms with van der Waals surface area (Å²) in [6.45, 7) is 2.23. The molecule has 0 aliphatic carbocycles. The van der Waals surface area contributed by atoms with E-state index in [1.165, 1.54) is 6.07 Å². The van der Waals surface area contributed by atoms with Crippen LogP contribution in [-0.4, -0.2) is 53.2 Å². The van der Waals surface area contributed by atoms with Gasteiger partial charge in [-0.3, -0.25) is 4.90 Å². The van der Waals surface area contributed by atoms with Gasteiger partial charge in [-0.05, 0) is 44.6 Å². The van der Waals surface area contributed by atoms with Crippen LogP contribution in [0, 0.1) is 0 Å². The molecule has 1 aromatic rings. The molecule has 6 nitrogen and oxygen atoms in total. The van der Waals surface area contributed by atoms with E-state index in [0.29, 0.717) is 30.3 Å². The highest BCUT2D eigenvalue weighted by Gasteiger charge is 2.33. The number of piperidine rings is 1. The molecule has 0 spiro atoms. The Kier molecular flexibility index (Phi) is 8.96. The predicted molar refractivity (Wildman–Crippen MR) is 93.2 cm³/mol. The van der Waals surface area contributed by atoms with E-state index in [4.69, 9.17) is 10.2 Å². The van der Waals surface area contributed by atoms with Gasteiger partial charge in [0, 0.05) is 24.7 Å². The van der Waals surface area contributed by atoms with Gasteiger partial charge in [0.25, 0.3) is 0 Å². The summed E-state index contributed by atoms with van der Waals surface area (Å²) < 4.78 is 38.7. The van der Waals surface area contributed by atoms with E-state index in [1.54, 1.807) is 12.1 Å². The normalized spacial score (nSPS) is 15.4. The molecule has 0 atom stereocenters. The summed E-state index contributed by atoms with van der Waals surface area (Å²) >= 11 is 0. The van der Waals surface area contributed by atoms with Crippen LogP contribution in [0.25, 0.3) is 0 Å². The number of carboxylic acids is 2. The van der Waals surface area contributed by atoms with E-state index >= 15 is 0 Å². The van der Waals surface area contributed by atoms with Gasteiger partial charge in [-0.2, -0.15) is 13.2 Å². The molecule has 0 bridgehead atoms. The highest BCUT2D eigenvalue weighted by atomic mass is 19.4. The maximum Gasteiger partial charge on any atom is 0.416 e. The van der Waals surface area contributed by atoms with Crippen molar-refractivity contribution in [3.8, 4) is 0 Å². The SMILES string of the molecule is CN(Cc1ccccc1C(F)(F)F)C1CCNCC1.O=C(O)/C=C/C(=O)O. The largest absolute Gasteiger partial charge is 0.478 e. The molecule has 0 radical (unpaired) electrons. The van der Waals surface area contributed by atoms with Crippen molar-refractivity contribution in [3.05, 3.63) is 47.5 Å². The maximum absolute atomic E-state index is 12.9. The molecule has 3 N–H and O–H groups in total. The number of nitrogens with one attached hydrogen (secondary N) is 1. The van der Waals surface area contributed by atoms with Gasteiger partial charge in [-0.1, -0.05) is 18.2 Å². The quantitative estimate of drug-likeness (QED) is 0.672. The average molecular weight is 388 g/mol. The molecule has 1 aliphatic rings. The fourth-order valence-electron chi connectivity index (χ4n) is 2.72. The van der Waals surface area contributed by atoms with Crippen molar-refractivity contribution in [3.63, 3.8) is 0 Å². The second-order valence-electron chi connectivity index (χ2n) is 6.06. The Hall–Kier alpha value is -2.39. The van der Waals surface area contributed by atoms with Crippen LogP contribution in [0.4, 0.5) is 13.2 Å². The van der Waals surface area contributed by atoms with E-state index in [-0.39, 0.29) is 0 Å². The molecular weight excluding hydrogens is 365 g/mol. The standard InChI is InChI=1S/C14H19F3N2.C4H4O4/c1-19(12-6-8-18-9-7-12)10-11-4-2-3-5-13(11)14(15,16)17;5-3(6)1-2-4(7)8/h2-5,12,18H,6-10H2,1H3;1-2H,(H,5,6)(H,7,8)/b;2-1+. The van der Waals surface area contributed by atoms with Gasteiger partial charge in [-0.25, -0.2) is 9.59 Å². The topological polar surface area (TPSA) is 89.9 Å². The summed E-state index contributed by atoms with van der Waals surface area (Å²) in [5, 5.41) is 18.9. The molecule has 0 amide bonds. The highest BCUT2D eigenvalue weighted by molar-refractivity contribution is 5.89. The summed E-state index contributed by atoms with van der Waals surface area (Å²) in [4.78, 5) is 21.1. The first-order valence-electron chi connectivity index (χ1n) is 8.31. The zero-order chi connectivity index (χ0) is 20.4. The number of aliphatic carboxylic acids is 2. The molecule has 0 aromatic heterocycles. The van der Waals surface area contributed by atoms with Gasteiger partial charge in [0.2, 0.25) is 0 Å². The number of hydrogen-bond donors (Lipinski definition) is 3. The Morgan fingerprint density at radius 2 is 1.67 bits per heavy atom. The van der Waals surface area contributed by atoms with Crippen molar-refractivity contribution in [2.45, 2.75) is 31.6 Å². The van der Waals surface area contributed by atoms with Crippen LogP contribution in [0.15, 0.2) is 36.4 Å². The van der Waals surface area contributed by atoms with E-state index in [1.807, 2.05) is 11.9 Å². The van der Waals surface area contributed by atoms with Crippen molar-refractivity contribution in [2.75, 3.05) is 20.1 Å². The molecule has 1 heterocycles. The number of benzene rings is 1. The molecule has 150 valence electrons. The summed E-state index contributed by atoms with van der Waals surface area (Å²) in [5.74, 6) is -2.51. The van der Waals surface area contributed by atoms with E-state index in [2.05, 4.69) is 5.32 Å². The Balaban J connectivity index is 0.000000387. The zero-order valence-corrected chi connectivity index (χ0v) is 14.9. The number of nitrogens with zero attached hydrogens (tertiary/aromatic N) is 1. The van der Waals surface area contributed by atoms with E-state index in [9.17, 15) is 22.8 Å². The first-order chi connectivity index (χ1) is 12.6. The van der Waals surface area contributed by atoms with Gasteiger partial charge in [-0.15, -0.1) is 0 Å². The molecule has 9 heteroatoms. The average Bonchev–Trinajstić information content (AvgIpc) is 2.61. The number of alkyl halides is 3. The molecule has 1 aromatic carbocycles. The lowest BCUT2D eigenvalue weighted by atomic mass is 10.0. The summed E-state index contributed by atoms with van der Waals surface area (Å²) in [6, 6.07) is 6.20. The molecule has 0 unspecified atom stereocenters. The van der Waals surface area contributed by atoms with Gasteiger partial charge in [0.05, 0.1) is 5.56 Å². The van der Waals surface area contributed by atoms with Crippen molar-refractivity contribution < 1.29 is 33.0 Å². The van der Waals surface area contributed by atoms with Crippen molar-refractivity contribution in [1.82, 2.24) is 10.2 Å². The van der Waals surface area contributed by atoms with Crippen LogP contribution in [0.3, 0.4) is 0 Å². The van der Waals surface area contributed by atoms with Gasteiger partial charge < -0.3 is 15.5 Å². The molecule has 1 saturated heterocycles. The monoisotopic (exact) mass is 388 g/mol. The summed E-state index contributed by atoms with van der Waals surface area (Å²) in [7, 11) is 1.91. The van der Waals surface area contributed by atoms with Crippen molar-refractivity contribution in [1.29, 1.82) is 0 Å². The Morgan fingerprint density at radius 3 is 2.15 bits per heavy atom. The predicted octanol–water partition coefficient (Wildman–Crippen LogP) is 2.60. The molecular formula is C18H23F3N2O4. The first-order valence-corrected chi connectivity index (χ1v) is 8.31. The number of rotatable bonds is 5. The van der Waals surface area contributed by atoms with Crippen LogP contribution in [0.5, 0.6) is 0 Å². The maximum atomic E-state index is 12.9. The highest BCUT2D eigenvalue weighted by Crippen LogP contribution is 2.32. The van der Waals surface area contributed by atoms with Gasteiger partial charge >= 0.3 is 18.1 Å². The Bertz CT molecular complexity index is 640. The summed E-state index contributed by atoms with van der Waals surface area (Å²) in [6.07, 6.45) is -1.18. The minimum Gasteiger partial charge on any atom is -0.478 e. The fraction of sp³-hybridized carbons (Fsp3) is 0.444. The van der Waals surface area contributed by atoms with Crippen molar-refractivity contribution in [2.24, 2.45) is 0 Å². The Labute approximate surface area is 155 Å². The van der Waals surface area contributed by atoms with Crippen LogP contribution in [0.1, 0.15) is 24.0 Å². The first kappa shape index (κ1) is 22.7. The second kappa shape index (κ2) is 10.7. The fourth-order valence-corrected chi connectivity index (χ4v) is 2.72. The molecule has 0 saturated carbocycles. The van der Waals surface area contributed by atoms with Crippen LogP contribution in [0.2, 0.25) is 0 Å². The third-order valence-corrected chi connectivity index (χ3v) is 4.04. The number of hydrogen-bond acceptors (Lipinski definition) is 4. The molecule has 27 heavy (non-hydrogen) atoms. The van der Waals surface area contributed by atoms with E-state index < -0.39 is 23.7 Å². The Morgan fingerprint density at radius 1 is 1.15 bits per heavy atom. The van der Waals surface area contributed by atoms with Crippen LogP contribution >= 0.6 is 0 Å². The lowest BCUT2D eigenvalue weighted by Gasteiger charge is -2.32. The van der Waals surface area contributed by atoms with Crippen molar-refractivity contribution >= 4 is 11.9 Å². The number of halogens is 3. The van der Waals surface area contributed by atoms with Gasteiger partial charge in [0.15, 0.2) is 0 Å². The minimum atomic E-state index is -4.27. The van der Waals surface area contributed by atoms with Gasteiger partial charge in [0.1, 0.15) is 0 Å². The lowest BCUT2D eigenvalue weighted by Crippen LogP contribution is -2.40. The van der Waals surface area contributed by atoms with E-state index in [0.717, 1.165) is 32.0 Å². The third-order valence-electron chi connectivity index (χ3n) is 4.04. The zero-order valence-electron chi connectivity index (χ0n) is 14.9. The molecule has 1 aliphatic heterocycles. The van der Waals surface area contributed by atoms with Crippen LogP contribution < -0.4 is 5.32 Å². The molecule has 1 fully saturated rings. The molecule has 2 rings (SSSR count). The number of carbonyl (C=O) groups is 2. The lowest BCUT2D eigenvalue weighted by molar-refractivity contribution is -0.138. The number of carboxylic acid groups (broad SMARTS) is 2. The third kappa shape index (κ3) is 8.69. The van der Waals surface area contributed by atoms with Crippen LogP contribution in [-0.2, 0) is 22.3 Å². The second-order valence-corrected chi connectivity index (χ2v) is 6.06. The summed E-state index contributed by atoms with van der Waals surface area (Å²) in [5.41, 5.74) is -0.160. The smallest absolute Gasteiger partial charge is 0.416 e.